The fourth-order valence-electron chi connectivity index (χ4n) is 5.35. The zero-order valence-electron chi connectivity index (χ0n) is 14.5. The number of hydrogen-bond acceptors (Lipinski definition) is 0. The zero-order valence-corrected chi connectivity index (χ0v) is 14.5. The van der Waals surface area contributed by atoms with E-state index in [1.165, 1.54) is 32.1 Å². The van der Waals surface area contributed by atoms with Crippen molar-refractivity contribution in [3.8, 4) is 0 Å². The van der Waals surface area contributed by atoms with Crippen LogP contribution in [-0.2, 0) is 0 Å². The lowest BCUT2D eigenvalue weighted by Gasteiger charge is -2.44. The van der Waals surface area contributed by atoms with Crippen LogP contribution in [0.3, 0.4) is 0 Å². The molecular weight excluding hydrogens is 240 g/mol. The van der Waals surface area contributed by atoms with Crippen LogP contribution in [0.25, 0.3) is 0 Å². The van der Waals surface area contributed by atoms with E-state index in [2.05, 4.69) is 27.7 Å². The van der Waals surface area contributed by atoms with Crippen LogP contribution in [0.2, 0.25) is 0 Å². The molecule has 0 aliphatic heterocycles. The summed E-state index contributed by atoms with van der Waals surface area (Å²) in [5.74, 6) is 6.13. The number of hydrogen-bond donors (Lipinski definition) is 0. The Hall–Kier alpha value is 0. The average molecular weight is 279 g/mol. The molecule has 0 aromatic heterocycles. The maximum Gasteiger partial charge on any atom is -0.0358 e. The normalized spacial score (nSPS) is 35.1. The van der Waals surface area contributed by atoms with Crippen molar-refractivity contribution in [2.75, 3.05) is 0 Å². The first-order chi connectivity index (χ1) is 9.67. The highest BCUT2D eigenvalue weighted by Gasteiger charge is 2.37. The van der Waals surface area contributed by atoms with Gasteiger partial charge in [-0.15, -0.1) is 0 Å². The monoisotopic (exact) mass is 278 g/mol. The van der Waals surface area contributed by atoms with E-state index in [1.54, 1.807) is 32.1 Å². The molecule has 6 unspecified atom stereocenters. The minimum absolute atomic E-state index is 0.913. The van der Waals surface area contributed by atoms with Crippen molar-refractivity contribution in [2.24, 2.45) is 35.5 Å². The number of rotatable bonds is 6. The summed E-state index contributed by atoms with van der Waals surface area (Å²) in [6, 6.07) is 0. The van der Waals surface area contributed by atoms with Crippen LogP contribution in [0, 0.1) is 35.5 Å². The van der Waals surface area contributed by atoms with Gasteiger partial charge in [-0.2, -0.15) is 0 Å². The molecule has 0 heteroatoms. The van der Waals surface area contributed by atoms with E-state index in [9.17, 15) is 0 Å². The van der Waals surface area contributed by atoms with Crippen molar-refractivity contribution in [1.82, 2.24) is 0 Å². The summed E-state index contributed by atoms with van der Waals surface area (Å²) in [6.07, 6.45) is 15.1. The van der Waals surface area contributed by atoms with E-state index in [4.69, 9.17) is 0 Å². The lowest BCUT2D eigenvalue weighted by Crippen LogP contribution is -2.34. The van der Waals surface area contributed by atoms with E-state index in [1.807, 2.05) is 0 Å². The molecule has 2 saturated carbocycles. The zero-order chi connectivity index (χ0) is 14.5. The van der Waals surface area contributed by atoms with E-state index >= 15 is 0 Å². The molecule has 2 aliphatic carbocycles. The predicted molar refractivity (Wildman–Crippen MR) is 89.8 cm³/mol. The first-order valence-electron chi connectivity index (χ1n) is 9.67. The molecule has 0 aromatic rings. The summed E-state index contributed by atoms with van der Waals surface area (Å²) in [5, 5.41) is 0. The van der Waals surface area contributed by atoms with Crippen LogP contribution in [0.1, 0.15) is 91.9 Å². The van der Waals surface area contributed by atoms with Gasteiger partial charge in [0.15, 0.2) is 0 Å². The summed E-state index contributed by atoms with van der Waals surface area (Å²) in [7, 11) is 0. The fraction of sp³-hybridized carbons (Fsp3) is 1.00. The van der Waals surface area contributed by atoms with Crippen LogP contribution in [-0.4, -0.2) is 0 Å². The van der Waals surface area contributed by atoms with Gasteiger partial charge in [-0.1, -0.05) is 72.6 Å². The van der Waals surface area contributed by atoms with Crippen LogP contribution in [0.4, 0.5) is 0 Å². The lowest BCUT2D eigenvalue weighted by atomic mass is 9.61. The molecule has 0 aromatic carbocycles. The molecule has 6 atom stereocenters. The number of fused-ring (bicyclic) bond motifs is 1. The first-order valence-corrected chi connectivity index (χ1v) is 9.67. The van der Waals surface area contributed by atoms with Gasteiger partial charge in [0.2, 0.25) is 0 Å². The van der Waals surface area contributed by atoms with Gasteiger partial charge in [-0.05, 0) is 54.8 Å². The molecular formula is C20H38. The van der Waals surface area contributed by atoms with E-state index < -0.39 is 0 Å². The van der Waals surface area contributed by atoms with Crippen LogP contribution in [0.5, 0.6) is 0 Å². The standard InChI is InChI=1S/C20H38/c1-5-9-20(16(4)15(3)6-2)19-13-12-17-10-7-8-11-18(17)14-19/h15-20H,5-14H2,1-4H3. The molecule has 0 spiro atoms. The summed E-state index contributed by atoms with van der Waals surface area (Å²) < 4.78 is 0. The average Bonchev–Trinajstić information content (AvgIpc) is 2.50. The second-order valence-electron chi connectivity index (χ2n) is 8.07. The van der Waals surface area contributed by atoms with Gasteiger partial charge in [0, 0.05) is 0 Å². The topological polar surface area (TPSA) is 0 Å². The Bertz CT molecular complexity index is 269. The maximum absolute atomic E-state index is 2.56. The molecule has 0 N–H and O–H groups in total. The molecule has 2 aliphatic rings. The summed E-state index contributed by atoms with van der Waals surface area (Å²) in [6.45, 7) is 9.81. The van der Waals surface area contributed by atoms with Crippen molar-refractivity contribution in [3.05, 3.63) is 0 Å². The Kier molecular flexibility index (Phi) is 6.43. The predicted octanol–water partition coefficient (Wildman–Crippen LogP) is 6.69. The van der Waals surface area contributed by atoms with E-state index in [0.29, 0.717) is 0 Å². The van der Waals surface area contributed by atoms with Gasteiger partial charge < -0.3 is 0 Å². The van der Waals surface area contributed by atoms with Crippen LogP contribution < -0.4 is 0 Å². The third kappa shape index (κ3) is 3.80. The summed E-state index contributed by atoms with van der Waals surface area (Å²) >= 11 is 0. The molecule has 20 heavy (non-hydrogen) atoms. The summed E-state index contributed by atoms with van der Waals surface area (Å²) in [5.41, 5.74) is 0. The SMILES string of the molecule is CCCC(C1CCC2CCCCC2C1)C(C)C(C)CC. The molecule has 0 bridgehead atoms. The molecule has 0 saturated heterocycles. The molecule has 118 valence electrons. The van der Waals surface area contributed by atoms with Crippen molar-refractivity contribution < 1.29 is 0 Å². The van der Waals surface area contributed by atoms with E-state index in [0.717, 1.165) is 35.5 Å². The van der Waals surface area contributed by atoms with Crippen LogP contribution >= 0.6 is 0 Å². The minimum atomic E-state index is 0.913. The molecule has 0 radical (unpaired) electrons. The minimum Gasteiger partial charge on any atom is -0.0654 e. The Labute approximate surface area is 128 Å². The third-order valence-corrected chi connectivity index (χ3v) is 7.02. The third-order valence-electron chi connectivity index (χ3n) is 7.02. The molecule has 0 amide bonds. The quantitative estimate of drug-likeness (QED) is 0.507. The highest BCUT2D eigenvalue weighted by Crippen LogP contribution is 2.47. The molecule has 2 fully saturated rings. The molecule has 0 nitrogen and oxygen atoms in total. The highest BCUT2D eigenvalue weighted by atomic mass is 14.4. The maximum atomic E-state index is 2.56. The van der Waals surface area contributed by atoms with Crippen molar-refractivity contribution in [1.29, 1.82) is 0 Å². The first kappa shape index (κ1) is 16.4. The Morgan fingerprint density at radius 3 is 2.25 bits per heavy atom. The Balaban J connectivity index is 1.98. The largest absolute Gasteiger partial charge is 0.0654 e. The fourth-order valence-corrected chi connectivity index (χ4v) is 5.35. The van der Waals surface area contributed by atoms with Crippen LogP contribution in [0.15, 0.2) is 0 Å². The molecule has 0 heterocycles. The molecule has 2 rings (SSSR count). The lowest BCUT2D eigenvalue weighted by molar-refractivity contribution is 0.0633. The van der Waals surface area contributed by atoms with Gasteiger partial charge in [-0.25, -0.2) is 0 Å². The summed E-state index contributed by atoms with van der Waals surface area (Å²) in [4.78, 5) is 0. The van der Waals surface area contributed by atoms with Gasteiger partial charge in [-0.3, -0.25) is 0 Å². The van der Waals surface area contributed by atoms with Crippen molar-refractivity contribution in [3.63, 3.8) is 0 Å². The van der Waals surface area contributed by atoms with Crippen molar-refractivity contribution >= 4 is 0 Å². The van der Waals surface area contributed by atoms with Gasteiger partial charge >= 0.3 is 0 Å². The van der Waals surface area contributed by atoms with E-state index in [-0.39, 0.29) is 0 Å². The van der Waals surface area contributed by atoms with Gasteiger partial charge in [0.25, 0.3) is 0 Å². The Morgan fingerprint density at radius 1 is 0.900 bits per heavy atom. The van der Waals surface area contributed by atoms with Crippen molar-refractivity contribution in [2.45, 2.75) is 91.9 Å². The second-order valence-corrected chi connectivity index (χ2v) is 8.07. The highest BCUT2D eigenvalue weighted by molar-refractivity contribution is 4.87. The Morgan fingerprint density at radius 2 is 1.60 bits per heavy atom. The second kappa shape index (κ2) is 7.85. The van der Waals surface area contributed by atoms with Gasteiger partial charge in [0.1, 0.15) is 0 Å². The van der Waals surface area contributed by atoms with Gasteiger partial charge in [0.05, 0.1) is 0 Å². The smallest absolute Gasteiger partial charge is 0.0358 e.